The standard InChI is InChI=1S/C28H28O5/c1-17(2)8-13-22-23(27(28(31)32)25(30)16-26(22)33-4)15-24(29)21-7-5-6-20(14-21)19-11-9-18(3)10-12-19/h5-12,14,16,30H,13,15H2,1-4H3,(H,31,32). The summed E-state index contributed by atoms with van der Waals surface area (Å²) < 4.78 is 5.41. The normalized spacial score (nSPS) is 10.5. The number of carbonyl (C=O) groups is 2. The van der Waals surface area contributed by atoms with Gasteiger partial charge in [-0.05, 0) is 49.9 Å². The number of phenols is 1. The molecule has 33 heavy (non-hydrogen) atoms. The average Bonchev–Trinajstić information content (AvgIpc) is 2.78. The number of ketones is 1. The third-order valence-electron chi connectivity index (χ3n) is 5.54. The van der Waals surface area contributed by atoms with Crippen LogP contribution in [0.25, 0.3) is 11.1 Å². The van der Waals surface area contributed by atoms with Gasteiger partial charge in [0.2, 0.25) is 0 Å². The van der Waals surface area contributed by atoms with Gasteiger partial charge in [-0.2, -0.15) is 0 Å². The second-order valence-electron chi connectivity index (χ2n) is 8.27. The third-order valence-corrected chi connectivity index (χ3v) is 5.54. The van der Waals surface area contributed by atoms with Crippen LogP contribution < -0.4 is 4.74 Å². The third kappa shape index (κ3) is 5.50. The number of rotatable bonds is 8. The average molecular weight is 445 g/mol. The minimum absolute atomic E-state index is 0.171. The molecule has 0 saturated carbocycles. The highest BCUT2D eigenvalue weighted by Crippen LogP contribution is 2.35. The van der Waals surface area contributed by atoms with Crippen LogP contribution in [-0.2, 0) is 12.8 Å². The van der Waals surface area contributed by atoms with Crippen molar-refractivity contribution in [2.24, 2.45) is 0 Å². The van der Waals surface area contributed by atoms with Crippen molar-refractivity contribution in [2.45, 2.75) is 33.6 Å². The van der Waals surface area contributed by atoms with E-state index in [1.807, 2.05) is 69.3 Å². The zero-order valence-electron chi connectivity index (χ0n) is 19.3. The van der Waals surface area contributed by atoms with E-state index in [0.29, 0.717) is 23.3 Å². The van der Waals surface area contributed by atoms with E-state index in [1.165, 1.54) is 13.2 Å². The number of aryl methyl sites for hydroxylation is 1. The Morgan fingerprint density at radius 2 is 1.67 bits per heavy atom. The molecule has 0 unspecified atom stereocenters. The molecular formula is C28H28O5. The number of hydrogen-bond acceptors (Lipinski definition) is 4. The molecule has 0 fully saturated rings. The van der Waals surface area contributed by atoms with E-state index in [1.54, 1.807) is 6.07 Å². The lowest BCUT2D eigenvalue weighted by Gasteiger charge is -2.17. The monoisotopic (exact) mass is 444 g/mol. The molecule has 0 aromatic heterocycles. The summed E-state index contributed by atoms with van der Waals surface area (Å²) in [5.41, 5.74) is 5.14. The van der Waals surface area contributed by atoms with E-state index in [2.05, 4.69) is 0 Å². The molecule has 0 spiro atoms. The minimum Gasteiger partial charge on any atom is -0.507 e. The predicted octanol–water partition coefficient (Wildman–Crippen LogP) is 6.01. The van der Waals surface area contributed by atoms with Crippen LogP contribution in [0.4, 0.5) is 0 Å². The van der Waals surface area contributed by atoms with Crippen molar-refractivity contribution >= 4 is 11.8 Å². The lowest BCUT2D eigenvalue weighted by Crippen LogP contribution is -2.13. The first-order chi connectivity index (χ1) is 15.7. The number of benzene rings is 3. The molecule has 3 rings (SSSR count). The lowest BCUT2D eigenvalue weighted by atomic mass is 9.90. The number of carboxylic acids is 1. The highest BCUT2D eigenvalue weighted by atomic mass is 16.5. The molecule has 0 aliphatic heterocycles. The summed E-state index contributed by atoms with van der Waals surface area (Å²) >= 11 is 0. The van der Waals surface area contributed by atoms with Crippen LogP contribution in [-0.4, -0.2) is 29.1 Å². The number of carboxylic acid groups (broad SMARTS) is 1. The molecule has 0 amide bonds. The Hall–Kier alpha value is -3.86. The molecular weight excluding hydrogens is 416 g/mol. The largest absolute Gasteiger partial charge is 0.507 e. The van der Waals surface area contributed by atoms with Gasteiger partial charge in [0, 0.05) is 23.6 Å². The number of allylic oxidation sites excluding steroid dienone is 2. The maximum atomic E-state index is 13.3. The molecule has 3 aromatic rings. The van der Waals surface area contributed by atoms with E-state index >= 15 is 0 Å². The fraction of sp³-hybridized carbons (Fsp3) is 0.214. The Morgan fingerprint density at radius 1 is 0.970 bits per heavy atom. The minimum atomic E-state index is -1.29. The van der Waals surface area contributed by atoms with Gasteiger partial charge >= 0.3 is 5.97 Å². The number of ether oxygens (including phenoxy) is 1. The van der Waals surface area contributed by atoms with Crippen LogP contribution in [0.15, 0.2) is 66.2 Å². The molecule has 0 radical (unpaired) electrons. The van der Waals surface area contributed by atoms with Gasteiger partial charge in [0.15, 0.2) is 5.78 Å². The first-order valence-electron chi connectivity index (χ1n) is 10.7. The molecule has 0 aliphatic carbocycles. The van der Waals surface area contributed by atoms with Crippen LogP contribution in [0.5, 0.6) is 11.5 Å². The first kappa shape index (κ1) is 23.8. The molecule has 0 heterocycles. The summed E-state index contributed by atoms with van der Waals surface area (Å²) in [5, 5.41) is 20.2. The molecule has 0 saturated heterocycles. The first-order valence-corrected chi connectivity index (χ1v) is 10.7. The molecule has 0 aliphatic rings. The van der Waals surface area contributed by atoms with E-state index in [0.717, 1.165) is 22.3 Å². The number of carbonyl (C=O) groups excluding carboxylic acids is 1. The molecule has 0 bridgehead atoms. The second-order valence-corrected chi connectivity index (χ2v) is 8.27. The number of methoxy groups -OCH3 is 1. The van der Waals surface area contributed by atoms with Crippen molar-refractivity contribution in [1.29, 1.82) is 0 Å². The number of hydrogen-bond donors (Lipinski definition) is 2. The van der Waals surface area contributed by atoms with Gasteiger partial charge in [0.25, 0.3) is 0 Å². The van der Waals surface area contributed by atoms with Gasteiger partial charge in [0.1, 0.15) is 17.1 Å². The van der Waals surface area contributed by atoms with Crippen LogP contribution in [0.2, 0.25) is 0 Å². The summed E-state index contributed by atoms with van der Waals surface area (Å²) in [6, 6.07) is 16.6. The molecule has 3 aromatic carbocycles. The summed E-state index contributed by atoms with van der Waals surface area (Å²) in [6.07, 6.45) is 2.15. The zero-order chi connectivity index (χ0) is 24.1. The summed E-state index contributed by atoms with van der Waals surface area (Å²) in [4.78, 5) is 25.3. The highest BCUT2D eigenvalue weighted by molar-refractivity contribution is 6.02. The Bertz CT molecular complexity index is 1220. The van der Waals surface area contributed by atoms with Gasteiger partial charge in [-0.3, -0.25) is 4.79 Å². The summed E-state index contributed by atoms with van der Waals surface area (Å²) in [6.45, 7) is 5.89. The van der Waals surface area contributed by atoms with Crippen molar-refractivity contribution < 1.29 is 24.5 Å². The second kappa shape index (κ2) is 10.2. The van der Waals surface area contributed by atoms with Crippen molar-refractivity contribution in [3.8, 4) is 22.6 Å². The van der Waals surface area contributed by atoms with Crippen molar-refractivity contribution in [2.75, 3.05) is 7.11 Å². The fourth-order valence-electron chi connectivity index (χ4n) is 3.76. The van der Waals surface area contributed by atoms with Crippen LogP contribution >= 0.6 is 0 Å². The quantitative estimate of drug-likeness (QED) is 0.328. The van der Waals surface area contributed by atoms with Crippen LogP contribution in [0, 0.1) is 6.92 Å². The van der Waals surface area contributed by atoms with Crippen molar-refractivity contribution in [3.63, 3.8) is 0 Å². The maximum absolute atomic E-state index is 13.3. The molecule has 5 nitrogen and oxygen atoms in total. The Balaban J connectivity index is 2.06. The predicted molar refractivity (Wildman–Crippen MR) is 129 cm³/mol. The number of aromatic carboxylic acids is 1. The van der Waals surface area contributed by atoms with Crippen molar-refractivity contribution in [1.82, 2.24) is 0 Å². The summed E-state index contributed by atoms with van der Waals surface area (Å²) in [7, 11) is 1.46. The topological polar surface area (TPSA) is 83.8 Å². The Kier molecular flexibility index (Phi) is 7.34. The Morgan fingerprint density at radius 3 is 2.27 bits per heavy atom. The van der Waals surface area contributed by atoms with Crippen molar-refractivity contribution in [3.05, 3.63) is 94.1 Å². The number of aromatic hydroxyl groups is 1. The smallest absolute Gasteiger partial charge is 0.339 e. The van der Waals surface area contributed by atoms with Gasteiger partial charge in [-0.15, -0.1) is 0 Å². The highest BCUT2D eigenvalue weighted by Gasteiger charge is 2.25. The van der Waals surface area contributed by atoms with Gasteiger partial charge in [-0.1, -0.05) is 59.7 Å². The molecule has 2 N–H and O–H groups in total. The lowest BCUT2D eigenvalue weighted by molar-refractivity contribution is 0.0692. The van der Waals surface area contributed by atoms with Gasteiger partial charge < -0.3 is 14.9 Å². The fourth-order valence-corrected chi connectivity index (χ4v) is 3.76. The van der Waals surface area contributed by atoms with Crippen LogP contribution in [0.3, 0.4) is 0 Å². The van der Waals surface area contributed by atoms with E-state index in [4.69, 9.17) is 4.74 Å². The number of Topliss-reactive ketones (excluding diaryl/α,β-unsaturated/α-hetero) is 1. The molecule has 0 atom stereocenters. The van der Waals surface area contributed by atoms with E-state index in [-0.39, 0.29) is 23.3 Å². The SMILES string of the molecule is COc1cc(O)c(C(=O)O)c(CC(=O)c2cccc(-c3ccc(C)cc3)c2)c1CC=C(C)C. The van der Waals surface area contributed by atoms with E-state index in [9.17, 15) is 19.8 Å². The van der Waals surface area contributed by atoms with Gasteiger partial charge in [0.05, 0.1) is 7.11 Å². The zero-order valence-corrected chi connectivity index (χ0v) is 19.3. The van der Waals surface area contributed by atoms with Gasteiger partial charge in [-0.25, -0.2) is 4.79 Å². The van der Waals surface area contributed by atoms with Crippen LogP contribution in [0.1, 0.15) is 51.3 Å². The maximum Gasteiger partial charge on any atom is 0.339 e. The molecule has 5 heteroatoms. The molecule has 170 valence electrons. The Labute approximate surface area is 194 Å². The summed E-state index contributed by atoms with van der Waals surface area (Å²) in [5.74, 6) is -1.59. The van der Waals surface area contributed by atoms with E-state index < -0.39 is 11.7 Å².